The molecular formula is C17H13F5N2O3S. The van der Waals surface area contributed by atoms with Crippen molar-refractivity contribution in [1.82, 2.24) is 5.32 Å². The number of nitrogens with one attached hydrogen (secondary N) is 1. The summed E-state index contributed by atoms with van der Waals surface area (Å²) >= 11 is 0. The molecule has 3 N–H and O–H groups in total. The number of carbonyl (C=O) groups is 1. The lowest BCUT2D eigenvalue weighted by Gasteiger charge is -2.27. The second-order valence-corrected chi connectivity index (χ2v) is 7.83. The van der Waals surface area contributed by atoms with Crippen LogP contribution in [0.4, 0.5) is 22.0 Å². The third kappa shape index (κ3) is 3.47. The largest absolute Gasteiger partial charge is 0.345 e. The van der Waals surface area contributed by atoms with Crippen LogP contribution in [0.1, 0.15) is 40.4 Å². The van der Waals surface area contributed by atoms with E-state index in [1.807, 2.05) is 0 Å². The number of hydrogen-bond donors (Lipinski definition) is 2. The summed E-state index contributed by atoms with van der Waals surface area (Å²) in [6.45, 7) is 0. The molecule has 1 amide bonds. The van der Waals surface area contributed by atoms with Crippen LogP contribution in [-0.2, 0) is 16.4 Å². The number of aryl methyl sites for hydroxylation is 1. The quantitative estimate of drug-likeness (QED) is 0.455. The lowest BCUT2D eigenvalue weighted by molar-refractivity contribution is 0.0920. The van der Waals surface area contributed by atoms with Crippen LogP contribution in [0.25, 0.3) is 0 Å². The van der Waals surface area contributed by atoms with E-state index in [0.29, 0.717) is 30.4 Å². The molecule has 2 aromatic rings. The van der Waals surface area contributed by atoms with E-state index in [0.717, 1.165) is 0 Å². The van der Waals surface area contributed by atoms with E-state index in [1.54, 1.807) is 0 Å². The van der Waals surface area contributed by atoms with Crippen LogP contribution in [0, 0.1) is 29.1 Å². The maximum absolute atomic E-state index is 13.8. The highest BCUT2D eigenvalue weighted by molar-refractivity contribution is 7.89. The number of hydrogen-bond acceptors (Lipinski definition) is 3. The van der Waals surface area contributed by atoms with Crippen LogP contribution < -0.4 is 10.5 Å². The van der Waals surface area contributed by atoms with Gasteiger partial charge in [-0.2, -0.15) is 0 Å². The maximum Gasteiger partial charge on any atom is 0.257 e. The first-order chi connectivity index (χ1) is 13.0. The molecule has 1 aliphatic rings. The fourth-order valence-corrected chi connectivity index (χ4v) is 3.72. The van der Waals surface area contributed by atoms with Gasteiger partial charge in [-0.15, -0.1) is 0 Å². The van der Waals surface area contributed by atoms with Gasteiger partial charge in [-0.3, -0.25) is 4.79 Å². The van der Waals surface area contributed by atoms with Gasteiger partial charge in [0.25, 0.3) is 5.91 Å². The monoisotopic (exact) mass is 420 g/mol. The summed E-state index contributed by atoms with van der Waals surface area (Å²) in [5.41, 5.74) is -0.568. The lowest BCUT2D eigenvalue weighted by atomic mass is 9.87. The summed E-state index contributed by atoms with van der Waals surface area (Å²) in [5, 5.41) is 7.32. The van der Waals surface area contributed by atoms with Crippen LogP contribution in [0.15, 0.2) is 23.1 Å². The van der Waals surface area contributed by atoms with Crippen LogP contribution in [-0.4, -0.2) is 14.3 Å². The maximum atomic E-state index is 13.8. The molecule has 11 heteroatoms. The minimum absolute atomic E-state index is 0.141. The van der Waals surface area contributed by atoms with E-state index in [9.17, 15) is 35.2 Å². The Bertz CT molecular complexity index is 1060. The molecule has 3 rings (SSSR count). The molecule has 0 aromatic heterocycles. The van der Waals surface area contributed by atoms with Crippen molar-refractivity contribution in [2.24, 2.45) is 5.14 Å². The minimum Gasteiger partial charge on any atom is -0.345 e. The number of primary sulfonamides is 1. The van der Waals surface area contributed by atoms with Gasteiger partial charge in [-0.25, -0.2) is 35.5 Å². The van der Waals surface area contributed by atoms with Gasteiger partial charge in [0, 0.05) is 0 Å². The number of fused-ring (bicyclic) bond motifs is 1. The Hall–Kier alpha value is -2.53. The second kappa shape index (κ2) is 7.13. The van der Waals surface area contributed by atoms with Crippen LogP contribution >= 0.6 is 0 Å². The minimum atomic E-state index is -3.95. The van der Waals surface area contributed by atoms with Crippen molar-refractivity contribution >= 4 is 15.9 Å². The zero-order chi connectivity index (χ0) is 20.8. The zero-order valence-corrected chi connectivity index (χ0v) is 14.8. The van der Waals surface area contributed by atoms with Crippen molar-refractivity contribution in [3.63, 3.8) is 0 Å². The molecule has 150 valence electrons. The van der Waals surface area contributed by atoms with Crippen LogP contribution in [0.2, 0.25) is 0 Å². The van der Waals surface area contributed by atoms with E-state index in [-0.39, 0.29) is 4.90 Å². The Kier molecular flexibility index (Phi) is 5.15. The standard InChI is InChI=1S/C17H13F5N2O3S/c18-12-11(13(19)15(21)16(22)14(12)20)17(25)24-10-3-1-2-7-6-8(28(23,26)27)4-5-9(7)10/h4-6,10H,1-3H2,(H,24,25)(H2,23,26,27). The Balaban J connectivity index is 1.96. The highest BCUT2D eigenvalue weighted by atomic mass is 32.2. The Morgan fingerprint density at radius 1 is 1.00 bits per heavy atom. The van der Waals surface area contributed by atoms with E-state index < -0.39 is 56.6 Å². The predicted molar refractivity (Wildman–Crippen MR) is 87.2 cm³/mol. The zero-order valence-electron chi connectivity index (χ0n) is 14.0. The molecule has 1 atom stereocenters. The van der Waals surface area contributed by atoms with E-state index in [4.69, 9.17) is 5.14 Å². The molecule has 0 heterocycles. The molecule has 1 unspecified atom stereocenters. The smallest absolute Gasteiger partial charge is 0.257 e. The van der Waals surface area contributed by atoms with Gasteiger partial charge in [0.15, 0.2) is 23.3 Å². The highest BCUT2D eigenvalue weighted by Crippen LogP contribution is 2.32. The van der Waals surface area contributed by atoms with Crippen molar-refractivity contribution in [2.75, 3.05) is 0 Å². The summed E-state index contributed by atoms with van der Waals surface area (Å²) in [4.78, 5) is 12.1. The highest BCUT2D eigenvalue weighted by Gasteiger charge is 2.32. The molecule has 1 aliphatic carbocycles. The molecular weight excluding hydrogens is 407 g/mol. The van der Waals surface area contributed by atoms with Gasteiger partial charge < -0.3 is 5.32 Å². The summed E-state index contributed by atoms with van der Waals surface area (Å²) in [5.74, 6) is -12.7. The number of halogens is 5. The molecule has 0 saturated heterocycles. The molecule has 28 heavy (non-hydrogen) atoms. The summed E-state index contributed by atoms with van der Waals surface area (Å²) < 4.78 is 90.3. The topological polar surface area (TPSA) is 89.3 Å². The van der Waals surface area contributed by atoms with Gasteiger partial charge in [-0.05, 0) is 42.5 Å². The first kappa shape index (κ1) is 20.2. The van der Waals surface area contributed by atoms with E-state index >= 15 is 0 Å². The first-order valence-electron chi connectivity index (χ1n) is 8.00. The molecule has 0 spiro atoms. The summed E-state index contributed by atoms with van der Waals surface area (Å²) in [6, 6.07) is 3.11. The molecule has 0 bridgehead atoms. The van der Waals surface area contributed by atoms with E-state index in [1.165, 1.54) is 18.2 Å². The average molecular weight is 420 g/mol. The Morgan fingerprint density at radius 3 is 2.14 bits per heavy atom. The molecule has 0 fully saturated rings. The lowest BCUT2D eigenvalue weighted by Crippen LogP contribution is -2.33. The predicted octanol–water partition coefficient (Wildman–Crippen LogP) is 2.84. The molecule has 5 nitrogen and oxygen atoms in total. The average Bonchev–Trinajstić information content (AvgIpc) is 2.64. The third-order valence-corrected chi connectivity index (χ3v) is 5.41. The SMILES string of the molecule is NS(=O)(=O)c1ccc2c(c1)CCCC2NC(=O)c1c(F)c(F)c(F)c(F)c1F. The summed E-state index contributed by atoms with van der Waals surface area (Å²) in [6.07, 6.45) is 1.28. The number of benzene rings is 2. The van der Waals surface area contributed by atoms with Gasteiger partial charge in [0.05, 0.1) is 10.9 Å². The van der Waals surface area contributed by atoms with Crippen molar-refractivity contribution in [3.05, 3.63) is 64.0 Å². The molecule has 0 aliphatic heterocycles. The van der Waals surface area contributed by atoms with E-state index in [2.05, 4.69) is 5.32 Å². The number of carbonyl (C=O) groups excluding carboxylic acids is 1. The third-order valence-electron chi connectivity index (χ3n) is 4.50. The summed E-state index contributed by atoms with van der Waals surface area (Å²) in [7, 11) is -3.95. The van der Waals surface area contributed by atoms with Crippen molar-refractivity contribution in [1.29, 1.82) is 0 Å². The number of amides is 1. The van der Waals surface area contributed by atoms with Gasteiger partial charge in [0.2, 0.25) is 15.8 Å². The molecule has 2 aromatic carbocycles. The van der Waals surface area contributed by atoms with Gasteiger partial charge in [0.1, 0.15) is 5.56 Å². The van der Waals surface area contributed by atoms with Gasteiger partial charge in [-0.1, -0.05) is 6.07 Å². The van der Waals surface area contributed by atoms with Crippen molar-refractivity contribution < 1.29 is 35.2 Å². The first-order valence-corrected chi connectivity index (χ1v) is 9.55. The van der Waals surface area contributed by atoms with Crippen molar-refractivity contribution in [2.45, 2.75) is 30.2 Å². The van der Waals surface area contributed by atoms with Crippen molar-refractivity contribution in [3.8, 4) is 0 Å². The number of sulfonamides is 1. The van der Waals surface area contributed by atoms with Crippen LogP contribution in [0.3, 0.4) is 0 Å². The van der Waals surface area contributed by atoms with Crippen LogP contribution in [0.5, 0.6) is 0 Å². The second-order valence-electron chi connectivity index (χ2n) is 6.27. The Morgan fingerprint density at radius 2 is 1.57 bits per heavy atom. The molecule has 0 radical (unpaired) electrons. The normalized spacial score (nSPS) is 16.6. The molecule has 0 saturated carbocycles. The Labute approximate surface area is 156 Å². The van der Waals surface area contributed by atoms with Gasteiger partial charge >= 0.3 is 0 Å². The number of rotatable bonds is 3. The fraction of sp³-hybridized carbons (Fsp3) is 0.235. The number of nitrogens with two attached hydrogens (primary N) is 1. The fourth-order valence-electron chi connectivity index (χ4n) is 3.15.